The Bertz CT molecular complexity index is 1010. The predicted molar refractivity (Wildman–Crippen MR) is 118 cm³/mol. The van der Waals surface area contributed by atoms with Gasteiger partial charge in [-0.1, -0.05) is 43.0 Å². The molecule has 8 heteroatoms. The van der Waals surface area contributed by atoms with Gasteiger partial charge >= 0.3 is 11.9 Å². The molecule has 2 aromatic rings. The fraction of sp³-hybridized carbons (Fsp3) is 0.375. The first kappa shape index (κ1) is 23.1. The van der Waals surface area contributed by atoms with Crippen molar-refractivity contribution in [1.82, 2.24) is 14.9 Å². The van der Waals surface area contributed by atoms with Crippen LogP contribution in [0.3, 0.4) is 0 Å². The number of nitrogens with zero attached hydrogens (tertiary/aromatic N) is 3. The second kappa shape index (κ2) is 10.7. The van der Waals surface area contributed by atoms with Gasteiger partial charge in [0.1, 0.15) is 17.9 Å². The summed E-state index contributed by atoms with van der Waals surface area (Å²) < 4.78 is 10.3. The zero-order chi connectivity index (χ0) is 23.1. The zero-order valence-electron chi connectivity index (χ0n) is 18.4. The minimum Gasteiger partial charge on any atom is -0.466 e. The minimum atomic E-state index is -0.690. The molecule has 1 saturated heterocycles. The Balaban J connectivity index is 2.00. The van der Waals surface area contributed by atoms with Crippen LogP contribution in [0.25, 0.3) is 11.4 Å². The maximum absolute atomic E-state index is 13.5. The standard InChI is InChI=1S/C24H27N3O5/c1-4-14-32-24(30)19-16(3)25-21(17-10-7-6-8-11-17)26-20(19)22(28)27-13-9-12-18(15-27)23(29)31-5-2/h4,6-8,10-11,18H,1,5,9,12-15H2,2-3H3. The molecule has 0 spiro atoms. The highest BCUT2D eigenvalue weighted by atomic mass is 16.5. The molecule has 1 atom stereocenters. The number of amides is 1. The van der Waals surface area contributed by atoms with Gasteiger partial charge in [0.05, 0.1) is 18.2 Å². The molecular weight excluding hydrogens is 410 g/mol. The highest BCUT2D eigenvalue weighted by molar-refractivity contribution is 6.05. The van der Waals surface area contributed by atoms with Gasteiger partial charge in [-0.3, -0.25) is 9.59 Å². The Labute approximate surface area is 187 Å². The molecule has 0 radical (unpaired) electrons. The van der Waals surface area contributed by atoms with Crippen molar-refractivity contribution in [3.63, 3.8) is 0 Å². The number of piperidine rings is 1. The molecule has 1 aliphatic heterocycles. The Hall–Kier alpha value is -3.55. The number of hydrogen-bond donors (Lipinski definition) is 0. The Morgan fingerprint density at radius 3 is 2.62 bits per heavy atom. The van der Waals surface area contributed by atoms with Crippen LogP contribution in [0.1, 0.15) is 46.3 Å². The lowest BCUT2D eigenvalue weighted by Gasteiger charge is -2.31. The molecule has 8 nitrogen and oxygen atoms in total. The van der Waals surface area contributed by atoms with E-state index in [0.29, 0.717) is 30.9 Å². The van der Waals surface area contributed by atoms with Crippen molar-refractivity contribution in [3.8, 4) is 11.4 Å². The van der Waals surface area contributed by atoms with Crippen LogP contribution < -0.4 is 0 Å². The largest absolute Gasteiger partial charge is 0.466 e. The summed E-state index contributed by atoms with van der Waals surface area (Å²) >= 11 is 0. The van der Waals surface area contributed by atoms with Crippen molar-refractivity contribution in [3.05, 3.63) is 59.9 Å². The fourth-order valence-corrected chi connectivity index (χ4v) is 3.66. The van der Waals surface area contributed by atoms with E-state index in [9.17, 15) is 14.4 Å². The smallest absolute Gasteiger partial charge is 0.342 e. The molecule has 1 fully saturated rings. The summed E-state index contributed by atoms with van der Waals surface area (Å²) in [4.78, 5) is 48.9. The van der Waals surface area contributed by atoms with Gasteiger partial charge in [0.15, 0.2) is 5.82 Å². The molecule has 0 bridgehead atoms. The molecule has 0 saturated carbocycles. The maximum Gasteiger partial charge on any atom is 0.342 e. The van der Waals surface area contributed by atoms with Crippen LogP contribution >= 0.6 is 0 Å². The van der Waals surface area contributed by atoms with Crippen molar-refractivity contribution in [2.24, 2.45) is 5.92 Å². The summed E-state index contributed by atoms with van der Waals surface area (Å²) in [5.41, 5.74) is 1.05. The van der Waals surface area contributed by atoms with Gasteiger partial charge in [0, 0.05) is 18.7 Å². The van der Waals surface area contributed by atoms with E-state index in [2.05, 4.69) is 16.5 Å². The average molecular weight is 437 g/mol. The topological polar surface area (TPSA) is 98.7 Å². The zero-order valence-corrected chi connectivity index (χ0v) is 18.4. The van der Waals surface area contributed by atoms with Gasteiger partial charge < -0.3 is 14.4 Å². The lowest BCUT2D eigenvalue weighted by atomic mass is 9.97. The van der Waals surface area contributed by atoms with Gasteiger partial charge in [-0.2, -0.15) is 0 Å². The van der Waals surface area contributed by atoms with E-state index < -0.39 is 17.8 Å². The maximum atomic E-state index is 13.5. The van der Waals surface area contributed by atoms with Gasteiger partial charge in [0.25, 0.3) is 5.91 Å². The average Bonchev–Trinajstić information content (AvgIpc) is 2.82. The van der Waals surface area contributed by atoms with Gasteiger partial charge in [-0.25, -0.2) is 14.8 Å². The quantitative estimate of drug-likeness (QED) is 0.484. The van der Waals surface area contributed by atoms with Crippen molar-refractivity contribution >= 4 is 17.8 Å². The third-order valence-corrected chi connectivity index (χ3v) is 5.19. The van der Waals surface area contributed by atoms with E-state index in [4.69, 9.17) is 9.47 Å². The molecule has 3 rings (SSSR count). The van der Waals surface area contributed by atoms with E-state index in [1.54, 1.807) is 18.7 Å². The van der Waals surface area contributed by atoms with Gasteiger partial charge in [0.2, 0.25) is 0 Å². The van der Waals surface area contributed by atoms with Gasteiger partial charge in [-0.15, -0.1) is 0 Å². The molecule has 1 amide bonds. The van der Waals surface area contributed by atoms with Crippen molar-refractivity contribution in [1.29, 1.82) is 0 Å². The molecular formula is C24H27N3O5. The van der Waals surface area contributed by atoms with E-state index in [0.717, 1.165) is 5.56 Å². The summed E-state index contributed by atoms with van der Waals surface area (Å²) in [5, 5.41) is 0. The second-order valence-electron chi connectivity index (χ2n) is 7.45. The van der Waals surface area contributed by atoms with E-state index in [1.165, 1.54) is 6.08 Å². The molecule has 0 aliphatic carbocycles. The highest BCUT2D eigenvalue weighted by Crippen LogP contribution is 2.24. The molecule has 2 heterocycles. The normalized spacial score (nSPS) is 15.7. The second-order valence-corrected chi connectivity index (χ2v) is 7.45. The molecule has 0 N–H and O–H groups in total. The van der Waals surface area contributed by atoms with Crippen LogP contribution in [0, 0.1) is 12.8 Å². The first-order chi connectivity index (χ1) is 15.5. The summed E-state index contributed by atoms with van der Waals surface area (Å²) in [7, 11) is 0. The number of carbonyl (C=O) groups is 3. The highest BCUT2D eigenvalue weighted by Gasteiger charge is 2.33. The first-order valence-electron chi connectivity index (χ1n) is 10.6. The van der Waals surface area contributed by atoms with Crippen LogP contribution in [0.2, 0.25) is 0 Å². The SMILES string of the molecule is C=CCOC(=O)c1c(C)nc(-c2ccccc2)nc1C(=O)N1CCCC(C(=O)OCC)C1. The fourth-order valence-electron chi connectivity index (χ4n) is 3.66. The Kier molecular flexibility index (Phi) is 7.70. The third-order valence-electron chi connectivity index (χ3n) is 5.19. The summed E-state index contributed by atoms with van der Waals surface area (Å²) in [5.74, 6) is -1.51. The number of ether oxygens (including phenoxy) is 2. The number of rotatable bonds is 7. The molecule has 168 valence electrons. The van der Waals surface area contributed by atoms with Crippen molar-refractivity contribution in [2.75, 3.05) is 26.3 Å². The molecule has 32 heavy (non-hydrogen) atoms. The van der Waals surface area contributed by atoms with E-state index in [-0.39, 0.29) is 37.0 Å². The van der Waals surface area contributed by atoms with Crippen LogP contribution in [-0.2, 0) is 14.3 Å². The number of aryl methyl sites for hydroxylation is 1. The first-order valence-corrected chi connectivity index (χ1v) is 10.6. The van der Waals surface area contributed by atoms with Crippen LogP contribution in [0.15, 0.2) is 43.0 Å². The van der Waals surface area contributed by atoms with E-state index in [1.807, 2.05) is 30.3 Å². The minimum absolute atomic E-state index is 0.000979. The number of esters is 2. The van der Waals surface area contributed by atoms with Gasteiger partial charge in [-0.05, 0) is 26.7 Å². The summed E-state index contributed by atoms with van der Waals surface area (Å²) in [6.45, 7) is 7.90. The molecule has 1 unspecified atom stereocenters. The van der Waals surface area contributed by atoms with E-state index >= 15 is 0 Å². The van der Waals surface area contributed by atoms with Crippen LogP contribution in [-0.4, -0.2) is 59.0 Å². The molecule has 1 aromatic heterocycles. The van der Waals surface area contributed by atoms with Crippen molar-refractivity contribution < 1.29 is 23.9 Å². The Morgan fingerprint density at radius 2 is 1.94 bits per heavy atom. The number of likely N-dealkylation sites (tertiary alicyclic amines) is 1. The number of benzene rings is 1. The van der Waals surface area contributed by atoms with Crippen molar-refractivity contribution in [2.45, 2.75) is 26.7 Å². The summed E-state index contributed by atoms with van der Waals surface area (Å²) in [6, 6.07) is 9.21. The molecule has 1 aromatic carbocycles. The van der Waals surface area contributed by atoms with Crippen LogP contribution in [0.4, 0.5) is 0 Å². The number of hydrogen-bond acceptors (Lipinski definition) is 7. The summed E-state index contributed by atoms with van der Waals surface area (Å²) in [6.07, 6.45) is 2.75. The number of aromatic nitrogens is 2. The number of carbonyl (C=O) groups excluding carboxylic acids is 3. The lowest BCUT2D eigenvalue weighted by Crippen LogP contribution is -2.43. The lowest BCUT2D eigenvalue weighted by molar-refractivity contribution is -0.149. The Morgan fingerprint density at radius 1 is 1.19 bits per heavy atom. The molecule has 1 aliphatic rings. The third kappa shape index (κ3) is 5.19. The monoisotopic (exact) mass is 437 g/mol. The predicted octanol–water partition coefficient (Wildman–Crippen LogP) is 3.21. The van der Waals surface area contributed by atoms with Crippen LogP contribution in [0.5, 0.6) is 0 Å².